The fraction of sp³-hybridized carbons (Fsp3) is 0.404. The second-order valence-electron chi connectivity index (χ2n) is 17.1. The van der Waals surface area contributed by atoms with Crippen molar-refractivity contribution in [2.45, 2.75) is 90.0 Å². The number of phenolic OH excluding ortho intramolecular Hbond substituents is 1. The van der Waals surface area contributed by atoms with Crippen molar-refractivity contribution >= 4 is 29.5 Å². The molecule has 5 amide bonds. The zero-order valence-electron chi connectivity index (χ0n) is 37.7. The van der Waals surface area contributed by atoms with Gasteiger partial charge >= 0.3 is 0 Å². The van der Waals surface area contributed by atoms with Crippen molar-refractivity contribution < 1.29 is 38.9 Å². The van der Waals surface area contributed by atoms with Gasteiger partial charge in [-0.25, -0.2) is 9.97 Å². The van der Waals surface area contributed by atoms with E-state index in [0.29, 0.717) is 28.3 Å². The Morgan fingerprint density at radius 3 is 2.29 bits per heavy atom. The number of amides is 5. The number of nitriles is 1. The van der Waals surface area contributed by atoms with Crippen molar-refractivity contribution in [2.75, 3.05) is 33.4 Å². The number of likely N-dealkylation sites (N-methyl/N-ethyl adjacent to an activating group) is 1. The first-order chi connectivity index (χ1) is 30.8. The van der Waals surface area contributed by atoms with Gasteiger partial charge in [-0.2, -0.15) is 5.26 Å². The summed E-state index contributed by atoms with van der Waals surface area (Å²) in [7, 11) is 1.36. The molecule has 5 atom stereocenters. The monoisotopic (exact) mass is 890 g/mol. The number of fused-ring (bicyclic) bond motifs is 5. The van der Waals surface area contributed by atoms with Gasteiger partial charge in [-0.05, 0) is 80.1 Å². The van der Waals surface area contributed by atoms with E-state index in [9.17, 15) is 34.2 Å². The highest BCUT2D eigenvalue weighted by atomic mass is 16.5. The number of aliphatic hydroxyl groups excluding tert-OH is 1. The number of benzene rings is 3. The predicted octanol–water partition coefficient (Wildman–Crippen LogP) is 1.96. The Bertz CT molecular complexity index is 2440. The highest BCUT2D eigenvalue weighted by Crippen LogP contribution is 2.39. The van der Waals surface area contributed by atoms with Crippen LogP contribution >= 0.6 is 0 Å². The third-order valence-electron chi connectivity index (χ3n) is 11.1. The number of ether oxygens (including phenoxy) is 1. The van der Waals surface area contributed by atoms with Gasteiger partial charge < -0.3 is 52.6 Å². The number of carbonyl (C=O) groups is 5. The topological polar surface area (TPSA) is 288 Å². The van der Waals surface area contributed by atoms with Crippen LogP contribution in [0.3, 0.4) is 0 Å². The average Bonchev–Trinajstić information content (AvgIpc) is 3.26. The minimum atomic E-state index is -1.47. The van der Waals surface area contributed by atoms with Crippen LogP contribution in [0.4, 0.5) is 0 Å². The van der Waals surface area contributed by atoms with E-state index in [-0.39, 0.29) is 72.7 Å². The van der Waals surface area contributed by atoms with Crippen LogP contribution in [0.15, 0.2) is 60.7 Å². The molecule has 2 heterocycles. The van der Waals surface area contributed by atoms with E-state index in [1.165, 1.54) is 32.2 Å². The summed E-state index contributed by atoms with van der Waals surface area (Å²) in [4.78, 5) is 80.4. The Kier molecular flexibility index (Phi) is 16.0. The van der Waals surface area contributed by atoms with Crippen LogP contribution in [-0.4, -0.2) is 112 Å². The van der Waals surface area contributed by atoms with E-state index >= 15 is 0 Å². The molecule has 0 saturated carbocycles. The standard InChI is InChI=1S/C47H58N10O8/c1-25-39(26(2)53-41(52-25)29-9-12-31(13-10-29)47(4,5)6)44(62)55-35(16-17-48)46(64)57(7)40-30-11-14-37(59)33(22-30)34-20-28(8-15-38(34)65-24-32(50)23-58)21-36(43(61)51-19-18-49)56-42(60)27(3)54-45(40)63/h8-15,20,22,27,32,35-36,40,58-59H,16-17,19,21,23-24,48,50H2,1-7H3,(H,51,61)(H,54,63)(H,55,62)(H,56,60)/t27-,32?,35?,36-,40-/m0/s1. The van der Waals surface area contributed by atoms with E-state index in [2.05, 4.69) is 52.0 Å². The van der Waals surface area contributed by atoms with Crippen LogP contribution in [-0.2, 0) is 31.0 Å². The molecule has 2 unspecified atom stereocenters. The highest BCUT2D eigenvalue weighted by Gasteiger charge is 2.36. The fourth-order valence-corrected chi connectivity index (χ4v) is 7.45. The lowest BCUT2D eigenvalue weighted by Gasteiger charge is -2.32. The van der Waals surface area contributed by atoms with Gasteiger partial charge in [0.1, 0.15) is 48.8 Å². The van der Waals surface area contributed by atoms with Gasteiger partial charge in [0.25, 0.3) is 5.91 Å². The molecule has 18 heteroatoms. The zero-order valence-corrected chi connectivity index (χ0v) is 37.7. The molecule has 10 N–H and O–H groups in total. The summed E-state index contributed by atoms with van der Waals surface area (Å²) in [5.41, 5.74) is 15.9. The van der Waals surface area contributed by atoms with Crippen LogP contribution < -0.4 is 37.5 Å². The second-order valence-corrected chi connectivity index (χ2v) is 17.1. The fourth-order valence-electron chi connectivity index (χ4n) is 7.45. The maximum Gasteiger partial charge on any atom is 0.255 e. The average molecular weight is 891 g/mol. The zero-order chi connectivity index (χ0) is 47.7. The molecule has 18 nitrogen and oxygen atoms in total. The maximum absolute atomic E-state index is 14.6. The highest BCUT2D eigenvalue weighted by molar-refractivity contribution is 6.00. The van der Waals surface area contributed by atoms with Gasteiger partial charge in [0.15, 0.2) is 5.82 Å². The predicted molar refractivity (Wildman–Crippen MR) is 242 cm³/mol. The van der Waals surface area contributed by atoms with Crippen molar-refractivity contribution in [3.05, 3.63) is 94.3 Å². The van der Waals surface area contributed by atoms with Crippen molar-refractivity contribution in [3.8, 4) is 40.1 Å². The van der Waals surface area contributed by atoms with E-state index < -0.39 is 59.7 Å². The lowest BCUT2D eigenvalue weighted by Crippen LogP contribution is -2.56. The quantitative estimate of drug-likeness (QED) is 0.0893. The molecule has 4 bridgehead atoms. The minimum Gasteiger partial charge on any atom is -0.507 e. The molecule has 0 radical (unpaired) electrons. The van der Waals surface area contributed by atoms with E-state index in [4.69, 9.17) is 21.5 Å². The number of hydrogen-bond donors (Lipinski definition) is 8. The SMILES string of the molecule is Cc1nc(-c2ccc(C(C)(C)C)cc2)nc(C)c1C(=O)NC(CCN)C(=O)N(C)[C@@H]1C(=O)N[C@@H](C)C(=O)N[C@H](C(=O)NCC#N)Cc2ccc(OCC(N)CO)c(c2)-c2cc1ccc2O. The molecular weight excluding hydrogens is 833 g/mol. The molecule has 0 aliphatic carbocycles. The molecule has 1 aromatic heterocycles. The summed E-state index contributed by atoms with van der Waals surface area (Å²) in [6.07, 6.45) is -0.0960. The van der Waals surface area contributed by atoms with Crippen molar-refractivity contribution in [1.82, 2.24) is 36.1 Å². The number of aromatic hydroxyl groups is 1. The molecule has 65 heavy (non-hydrogen) atoms. The molecule has 4 aromatic rings. The first-order valence-corrected chi connectivity index (χ1v) is 21.2. The Morgan fingerprint density at radius 1 is 1.00 bits per heavy atom. The number of aliphatic hydroxyl groups is 1. The van der Waals surface area contributed by atoms with Crippen molar-refractivity contribution in [2.24, 2.45) is 11.5 Å². The summed E-state index contributed by atoms with van der Waals surface area (Å²) in [6.45, 7) is 10.3. The van der Waals surface area contributed by atoms with Crippen molar-refractivity contribution in [1.29, 1.82) is 5.26 Å². The van der Waals surface area contributed by atoms with Crippen LogP contribution in [0, 0.1) is 25.2 Å². The smallest absolute Gasteiger partial charge is 0.255 e. The van der Waals surface area contributed by atoms with Crippen LogP contribution in [0.2, 0.25) is 0 Å². The summed E-state index contributed by atoms with van der Waals surface area (Å²) in [5, 5.41) is 40.6. The number of rotatable bonds is 13. The molecule has 0 saturated heterocycles. The molecule has 0 spiro atoms. The summed E-state index contributed by atoms with van der Waals surface area (Å²) in [5.74, 6) is -3.14. The molecule has 1 aliphatic heterocycles. The first-order valence-electron chi connectivity index (χ1n) is 21.2. The van der Waals surface area contributed by atoms with Gasteiger partial charge in [-0.3, -0.25) is 24.0 Å². The van der Waals surface area contributed by atoms with Gasteiger partial charge in [-0.15, -0.1) is 0 Å². The summed E-state index contributed by atoms with van der Waals surface area (Å²) < 4.78 is 5.99. The van der Waals surface area contributed by atoms with E-state index in [0.717, 1.165) is 16.0 Å². The van der Waals surface area contributed by atoms with Gasteiger partial charge in [0.2, 0.25) is 23.6 Å². The number of nitrogens with one attached hydrogen (secondary N) is 4. The number of hydrogen-bond acceptors (Lipinski definition) is 13. The number of aryl methyl sites for hydroxylation is 2. The Labute approximate surface area is 378 Å². The summed E-state index contributed by atoms with van der Waals surface area (Å²) >= 11 is 0. The first kappa shape index (κ1) is 49.1. The van der Waals surface area contributed by atoms with Crippen molar-refractivity contribution in [3.63, 3.8) is 0 Å². The Hall–Kier alpha value is -6.94. The number of phenols is 1. The summed E-state index contributed by atoms with van der Waals surface area (Å²) in [6, 6.07) is 12.9. The van der Waals surface area contributed by atoms with Crippen LogP contribution in [0.25, 0.3) is 22.5 Å². The minimum absolute atomic E-state index is 0.0257. The third-order valence-corrected chi connectivity index (χ3v) is 11.1. The maximum atomic E-state index is 14.6. The Balaban J connectivity index is 1.54. The lowest BCUT2D eigenvalue weighted by atomic mass is 9.86. The van der Waals surface area contributed by atoms with Gasteiger partial charge in [-0.1, -0.05) is 57.2 Å². The van der Waals surface area contributed by atoms with Crippen LogP contribution in [0.1, 0.15) is 78.6 Å². The number of nitrogens with zero attached hydrogens (tertiary/aromatic N) is 4. The van der Waals surface area contributed by atoms with Gasteiger partial charge in [0.05, 0.1) is 35.7 Å². The normalized spacial score (nSPS) is 17.3. The molecule has 5 rings (SSSR count). The number of aromatic nitrogens is 2. The molecule has 344 valence electrons. The molecular formula is C47H58N10O8. The number of carbonyl (C=O) groups excluding carboxylic acids is 5. The van der Waals surface area contributed by atoms with E-state index in [1.54, 1.807) is 32.0 Å². The number of nitrogens with two attached hydrogens (primary N) is 2. The van der Waals surface area contributed by atoms with E-state index in [1.807, 2.05) is 30.3 Å². The molecule has 1 aliphatic rings. The Morgan fingerprint density at radius 2 is 1.68 bits per heavy atom. The second kappa shape index (κ2) is 21.2. The molecule has 0 fully saturated rings. The molecule has 3 aromatic carbocycles. The van der Waals surface area contributed by atoms with Gasteiger partial charge in [0, 0.05) is 30.2 Å². The largest absolute Gasteiger partial charge is 0.507 e. The lowest BCUT2D eigenvalue weighted by molar-refractivity contribution is -0.141. The van der Waals surface area contributed by atoms with Crippen LogP contribution in [0.5, 0.6) is 11.5 Å². The third kappa shape index (κ3) is 11.8.